The van der Waals surface area contributed by atoms with Gasteiger partial charge < -0.3 is 20.4 Å². The van der Waals surface area contributed by atoms with Crippen LogP contribution >= 0.6 is 45.3 Å². The first-order valence-electron chi connectivity index (χ1n) is 10.4. The first-order valence-corrected chi connectivity index (χ1v) is 13.8. The number of aliphatic carboxylic acids is 4. The van der Waals surface area contributed by atoms with Crippen molar-refractivity contribution in [1.29, 1.82) is 0 Å². The minimum atomic E-state index is -1.02. The van der Waals surface area contributed by atoms with E-state index in [4.69, 9.17) is 0 Å². The van der Waals surface area contributed by atoms with Crippen LogP contribution in [0.2, 0.25) is 0 Å². The summed E-state index contributed by atoms with van der Waals surface area (Å²) < 4.78 is 0. The van der Waals surface area contributed by atoms with Gasteiger partial charge in [0, 0.05) is 29.3 Å². The zero-order chi connectivity index (χ0) is 26.0. The molecule has 0 aromatic carbocycles. The van der Waals surface area contributed by atoms with Crippen molar-refractivity contribution in [3.05, 3.63) is 57.3 Å². The maximum absolute atomic E-state index is 11.6. The summed E-state index contributed by atoms with van der Waals surface area (Å²) in [6.45, 7) is 0. The Morgan fingerprint density at radius 2 is 0.861 bits per heavy atom. The van der Waals surface area contributed by atoms with Crippen molar-refractivity contribution in [1.82, 2.24) is 0 Å². The lowest BCUT2D eigenvalue weighted by Crippen LogP contribution is -2.01. The Bertz CT molecular complexity index is 1360. The van der Waals surface area contributed by atoms with Gasteiger partial charge in [-0.05, 0) is 57.3 Å². The van der Waals surface area contributed by atoms with E-state index in [0.717, 1.165) is 9.75 Å². The summed E-state index contributed by atoms with van der Waals surface area (Å²) in [5.41, 5.74) is 2.30. The predicted octanol–water partition coefficient (Wildman–Crippen LogP) is 5.44. The lowest BCUT2D eigenvalue weighted by Gasteiger charge is -2.02. The fraction of sp³-hybridized carbons (Fsp3) is 0.167. The Morgan fingerprint density at radius 3 is 1.19 bits per heavy atom. The third-order valence-corrected chi connectivity index (χ3v) is 9.93. The number of carboxylic acid groups (broad SMARTS) is 4. The normalized spacial score (nSPS) is 11.0. The van der Waals surface area contributed by atoms with Crippen LogP contribution in [0.15, 0.2) is 35.0 Å². The molecule has 4 aromatic heterocycles. The predicted molar refractivity (Wildman–Crippen MR) is 140 cm³/mol. The van der Waals surface area contributed by atoms with E-state index in [1.807, 2.05) is 0 Å². The molecular weight excluding hydrogens is 545 g/mol. The van der Waals surface area contributed by atoms with Crippen molar-refractivity contribution < 1.29 is 39.6 Å². The Morgan fingerprint density at radius 1 is 0.528 bits per heavy atom. The summed E-state index contributed by atoms with van der Waals surface area (Å²) in [4.78, 5) is 50.0. The lowest BCUT2D eigenvalue weighted by atomic mass is 10.1. The average Bonchev–Trinajstić information content (AvgIpc) is 3.53. The number of rotatable bonds is 11. The van der Waals surface area contributed by atoms with Gasteiger partial charge in [0.15, 0.2) is 0 Å². The molecule has 0 bridgehead atoms. The van der Waals surface area contributed by atoms with Gasteiger partial charge in [0.1, 0.15) is 0 Å². The summed E-state index contributed by atoms with van der Waals surface area (Å²) >= 11 is 5.35. The minimum absolute atomic E-state index is 0.185. The molecule has 0 spiro atoms. The largest absolute Gasteiger partial charge is 0.481 e. The summed E-state index contributed by atoms with van der Waals surface area (Å²) in [6, 6.07) is 6.94. The van der Waals surface area contributed by atoms with Gasteiger partial charge in [-0.25, -0.2) is 0 Å². The van der Waals surface area contributed by atoms with Crippen molar-refractivity contribution in [3.63, 3.8) is 0 Å². The molecule has 8 nitrogen and oxygen atoms in total. The number of hydrogen-bond acceptors (Lipinski definition) is 8. The fourth-order valence-corrected chi connectivity index (χ4v) is 8.47. The average molecular weight is 563 g/mol. The van der Waals surface area contributed by atoms with Crippen LogP contribution in [-0.4, -0.2) is 44.3 Å². The van der Waals surface area contributed by atoms with E-state index in [1.54, 1.807) is 35.0 Å². The highest BCUT2D eigenvalue weighted by atomic mass is 32.1. The van der Waals surface area contributed by atoms with Crippen LogP contribution < -0.4 is 0 Å². The SMILES string of the molecule is O=C(O)Cc1ccsc1-c1sc(-c2cc(CC(=O)O)c(-c3sccc3CC(=O)O)s2)cc1CC(=O)O. The van der Waals surface area contributed by atoms with Crippen LogP contribution in [0.25, 0.3) is 29.3 Å². The molecular formula is C24H18O8S4. The maximum atomic E-state index is 11.6. The molecule has 12 heteroatoms. The summed E-state index contributed by atoms with van der Waals surface area (Å²) in [5, 5.41) is 41.0. The van der Waals surface area contributed by atoms with Gasteiger partial charge >= 0.3 is 23.9 Å². The van der Waals surface area contributed by atoms with Crippen molar-refractivity contribution in [3.8, 4) is 29.3 Å². The number of hydrogen-bond donors (Lipinski definition) is 4. The van der Waals surface area contributed by atoms with Crippen LogP contribution in [0.4, 0.5) is 0 Å². The van der Waals surface area contributed by atoms with E-state index < -0.39 is 23.9 Å². The summed E-state index contributed by atoms with van der Waals surface area (Å²) in [6.07, 6.45) is -0.862. The van der Waals surface area contributed by atoms with Gasteiger partial charge in [-0.1, -0.05) is 0 Å². The third kappa shape index (κ3) is 5.73. The van der Waals surface area contributed by atoms with Crippen molar-refractivity contribution in [2.45, 2.75) is 25.7 Å². The third-order valence-electron chi connectivity index (χ3n) is 5.13. The van der Waals surface area contributed by atoms with E-state index in [1.165, 1.54) is 45.3 Å². The second kappa shape index (κ2) is 10.7. The van der Waals surface area contributed by atoms with Gasteiger partial charge in [-0.15, -0.1) is 45.3 Å². The molecule has 0 amide bonds. The summed E-state index contributed by atoms with van der Waals surface area (Å²) in [7, 11) is 0. The molecule has 0 aliphatic carbocycles. The number of thiophene rings is 4. The number of carboxylic acids is 4. The van der Waals surface area contributed by atoms with Crippen LogP contribution in [0, 0.1) is 0 Å². The van der Waals surface area contributed by atoms with Gasteiger partial charge in [-0.2, -0.15) is 0 Å². The number of carbonyl (C=O) groups is 4. The van der Waals surface area contributed by atoms with E-state index in [2.05, 4.69) is 0 Å². The summed E-state index contributed by atoms with van der Waals surface area (Å²) in [5.74, 6) is -4.01. The van der Waals surface area contributed by atoms with Gasteiger partial charge in [0.2, 0.25) is 0 Å². The monoisotopic (exact) mass is 562 g/mol. The van der Waals surface area contributed by atoms with Crippen molar-refractivity contribution in [2.75, 3.05) is 0 Å². The van der Waals surface area contributed by atoms with Crippen LogP contribution in [0.1, 0.15) is 22.3 Å². The fourth-order valence-electron chi connectivity index (χ4n) is 3.75. The molecule has 0 radical (unpaired) electrons. The van der Waals surface area contributed by atoms with Gasteiger partial charge in [0.05, 0.1) is 25.7 Å². The van der Waals surface area contributed by atoms with E-state index in [-0.39, 0.29) is 25.7 Å². The molecule has 0 aliphatic rings. The highest BCUT2D eigenvalue weighted by Gasteiger charge is 2.23. The van der Waals surface area contributed by atoms with Crippen LogP contribution in [0.5, 0.6) is 0 Å². The Kier molecular flexibility index (Phi) is 7.69. The van der Waals surface area contributed by atoms with Crippen LogP contribution in [-0.2, 0) is 44.9 Å². The van der Waals surface area contributed by atoms with E-state index in [0.29, 0.717) is 41.8 Å². The molecule has 0 aliphatic heterocycles. The highest BCUT2D eigenvalue weighted by Crippen LogP contribution is 2.47. The molecule has 4 aromatic rings. The zero-order valence-corrected chi connectivity index (χ0v) is 21.6. The van der Waals surface area contributed by atoms with Gasteiger partial charge in [-0.3, -0.25) is 19.2 Å². The molecule has 4 rings (SSSR count). The highest BCUT2D eigenvalue weighted by molar-refractivity contribution is 7.28. The zero-order valence-electron chi connectivity index (χ0n) is 18.3. The molecule has 0 unspecified atom stereocenters. The van der Waals surface area contributed by atoms with Crippen molar-refractivity contribution in [2.24, 2.45) is 0 Å². The Hall–Kier alpha value is -3.32. The molecule has 0 fully saturated rings. The molecule has 4 N–H and O–H groups in total. The molecule has 0 saturated carbocycles. The molecule has 36 heavy (non-hydrogen) atoms. The maximum Gasteiger partial charge on any atom is 0.307 e. The Labute approximate surface area is 220 Å². The topological polar surface area (TPSA) is 149 Å². The van der Waals surface area contributed by atoms with Crippen LogP contribution in [0.3, 0.4) is 0 Å². The molecule has 186 valence electrons. The first-order chi connectivity index (χ1) is 17.1. The first kappa shape index (κ1) is 25.8. The standard InChI is InChI=1S/C24H18O8S4/c25-17(26)7-11-1-3-33-21(11)23-13(9-19(29)30)5-15(35-23)16-6-14(10-20(31)32)24(36-16)22-12(2-4-34-22)8-18(27)28/h1-6H,7-10H2,(H,25,26)(H,27,28)(H,29,30)(H,31,32). The second-order valence-corrected chi connectivity index (χ2v) is 11.7. The van der Waals surface area contributed by atoms with E-state index in [9.17, 15) is 39.6 Å². The van der Waals surface area contributed by atoms with Gasteiger partial charge in [0.25, 0.3) is 0 Å². The molecule has 0 saturated heterocycles. The van der Waals surface area contributed by atoms with E-state index >= 15 is 0 Å². The molecule has 4 heterocycles. The lowest BCUT2D eigenvalue weighted by molar-refractivity contribution is -0.137. The minimum Gasteiger partial charge on any atom is -0.481 e. The Balaban J connectivity index is 1.83. The van der Waals surface area contributed by atoms with Crippen molar-refractivity contribution >= 4 is 69.2 Å². The molecule has 0 atom stereocenters. The quantitative estimate of drug-likeness (QED) is 0.189. The smallest absolute Gasteiger partial charge is 0.307 e. The second-order valence-electron chi connectivity index (χ2n) is 7.76.